The van der Waals surface area contributed by atoms with E-state index in [9.17, 15) is 4.79 Å². The number of esters is 1. The van der Waals surface area contributed by atoms with Gasteiger partial charge in [-0.3, -0.25) is 4.79 Å². The van der Waals surface area contributed by atoms with Gasteiger partial charge in [0.25, 0.3) is 0 Å². The van der Waals surface area contributed by atoms with Crippen LogP contribution < -0.4 is 0 Å². The minimum absolute atomic E-state index is 0.0583. The third-order valence-electron chi connectivity index (χ3n) is 1.83. The first kappa shape index (κ1) is 11.2. The van der Waals surface area contributed by atoms with Gasteiger partial charge in [-0.2, -0.15) is 0 Å². The molecule has 0 aromatic carbocycles. The molecular formula is C10H18O2. The molecule has 0 rings (SSSR count). The van der Waals surface area contributed by atoms with Crippen LogP contribution in [0.5, 0.6) is 0 Å². The van der Waals surface area contributed by atoms with Crippen molar-refractivity contribution >= 4 is 5.97 Å². The topological polar surface area (TPSA) is 26.3 Å². The lowest BCUT2D eigenvalue weighted by atomic mass is 10.0. The predicted molar refractivity (Wildman–Crippen MR) is 49.8 cm³/mol. The Morgan fingerprint density at radius 1 is 1.58 bits per heavy atom. The van der Waals surface area contributed by atoms with Gasteiger partial charge in [-0.1, -0.05) is 13.0 Å². The fourth-order valence-corrected chi connectivity index (χ4v) is 1.07. The molecule has 0 aromatic rings. The van der Waals surface area contributed by atoms with Crippen molar-refractivity contribution in [2.24, 2.45) is 5.92 Å². The summed E-state index contributed by atoms with van der Waals surface area (Å²) >= 11 is 0. The summed E-state index contributed by atoms with van der Waals surface area (Å²) < 4.78 is 4.92. The van der Waals surface area contributed by atoms with Crippen molar-refractivity contribution in [3.63, 3.8) is 0 Å². The first-order chi connectivity index (χ1) is 5.76. The average Bonchev–Trinajstić information content (AvgIpc) is 2.06. The molecule has 0 aliphatic rings. The molecule has 2 heteroatoms. The maximum atomic E-state index is 11.2. The van der Waals surface area contributed by atoms with E-state index in [1.54, 1.807) is 0 Å². The fraction of sp³-hybridized carbons (Fsp3) is 0.700. The van der Waals surface area contributed by atoms with E-state index in [2.05, 4.69) is 6.58 Å². The Labute approximate surface area is 74.6 Å². The highest BCUT2D eigenvalue weighted by molar-refractivity contribution is 5.72. The second kappa shape index (κ2) is 6.89. The van der Waals surface area contributed by atoms with E-state index in [4.69, 9.17) is 4.74 Å². The maximum absolute atomic E-state index is 11.2. The summed E-state index contributed by atoms with van der Waals surface area (Å²) in [5.41, 5.74) is 0. The van der Waals surface area contributed by atoms with Crippen LogP contribution in [-0.4, -0.2) is 12.6 Å². The van der Waals surface area contributed by atoms with E-state index in [-0.39, 0.29) is 11.9 Å². The van der Waals surface area contributed by atoms with Crippen molar-refractivity contribution in [2.75, 3.05) is 6.61 Å². The molecule has 0 amide bonds. The van der Waals surface area contributed by atoms with Gasteiger partial charge < -0.3 is 4.74 Å². The number of hydrogen-bond donors (Lipinski definition) is 0. The summed E-state index contributed by atoms with van der Waals surface area (Å²) in [6, 6.07) is 0. The van der Waals surface area contributed by atoms with Crippen LogP contribution in [0.2, 0.25) is 0 Å². The van der Waals surface area contributed by atoms with Gasteiger partial charge in [-0.05, 0) is 26.2 Å². The minimum atomic E-state index is -0.0677. The highest BCUT2D eigenvalue weighted by Gasteiger charge is 2.15. The van der Waals surface area contributed by atoms with Gasteiger partial charge >= 0.3 is 5.97 Å². The monoisotopic (exact) mass is 170 g/mol. The molecule has 0 N–H and O–H groups in total. The van der Waals surface area contributed by atoms with Crippen molar-refractivity contribution in [3.8, 4) is 0 Å². The molecule has 0 saturated heterocycles. The van der Waals surface area contributed by atoms with Crippen LogP contribution in [0.4, 0.5) is 0 Å². The Balaban J connectivity index is 3.78. The van der Waals surface area contributed by atoms with Crippen molar-refractivity contribution in [3.05, 3.63) is 12.7 Å². The lowest BCUT2D eigenvalue weighted by Gasteiger charge is -2.11. The summed E-state index contributed by atoms with van der Waals surface area (Å²) in [5, 5.41) is 0. The smallest absolute Gasteiger partial charge is 0.308 e. The standard InChI is InChI=1S/C10H18O2/c1-4-7-8-9(5-2)10(11)12-6-3/h4,9H,1,5-8H2,2-3H3. The molecule has 0 spiro atoms. The Kier molecular flexibility index (Phi) is 6.44. The van der Waals surface area contributed by atoms with E-state index >= 15 is 0 Å². The van der Waals surface area contributed by atoms with Gasteiger partial charge in [0.05, 0.1) is 12.5 Å². The summed E-state index contributed by atoms with van der Waals surface area (Å²) in [7, 11) is 0. The molecule has 0 saturated carbocycles. The van der Waals surface area contributed by atoms with Crippen LogP contribution in [0, 0.1) is 5.92 Å². The quantitative estimate of drug-likeness (QED) is 0.452. The number of carbonyl (C=O) groups is 1. The van der Waals surface area contributed by atoms with Crippen LogP contribution >= 0.6 is 0 Å². The number of rotatable bonds is 6. The summed E-state index contributed by atoms with van der Waals surface area (Å²) in [6.45, 7) is 7.93. The highest BCUT2D eigenvalue weighted by Crippen LogP contribution is 2.12. The lowest BCUT2D eigenvalue weighted by Crippen LogP contribution is -2.16. The number of carbonyl (C=O) groups excluding carboxylic acids is 1. The van der Waals surface area contributed by atoms with Crippen molar-refractivity contribution < 1.29 is 9.53 Å². The van der Waals surface area contributed by atoms with Crippen LogP contribution in [0.1, 0.15) is 33.1 Å². The largest absolute Gasteiger partial charge is 0.466 e. The zero-order chi connectivity index (χ0) is 9.40. The van der Waals surface area contributed by atoms with E-state index in [0.29, 0.717) is 6.61 Å². The second-order valence-corrected chi connectivity index (χ2v) is 2.72. The van der Waals surface area contributed by atoms with Crippen LogP contribution in [0.3, 0.4) is 0 Å². The lowest BCUT2D eigenvalue weighted by molar-refractivity contribution is -0.148. The molecule has 0 aliphatic carbocycles. The van der Waals surface area contributed by atoms with Gasteiger partial charge in [0, 0.05) is 0 Å². The summed E-state index contributed by atoms with van der Waals surface area (Å²) in [4.78, 5) is 11.2. The molecule has 0 aliphatic heterocycles. The van der Waals surface area contributed by atoms with Gasteiger partial charge in [0.15, 0.2) is 0 Å². The number of ether oxygens (including phenoxy) is 1. The maximum Gasteiger partial charge on any atom is 0.308 e. The van der Waals surface area contributed by atoms with E-state index in [0.717, 1.165) is 19.3 Å². The Morgan fingerprint density at radius 3 is 2.67 bits per heavy atom. The van der Waals surface area contributed by atoms with E-state index in [1.165, 1.54) is 0 Å². The van der Waals surface area contributed by atoms with Crippen molar-refractivity contribution in [2.45, 2.75) is 33.1 Å². The normalized spacial score (nSPS) is 12.2. The summed E-state index contributed by atoms with van der Waals surface area (Å²) in [6.07, 6.45) is 4.44. The van der Waals surface area contributed by atoms with Gasteiger partial charge in [0.2, 0.25) is 0 Å². The average molecular weight is 170 g/mol. The zero-order valence-electron chi connectivity index (χ0n) is 8.01. The molecule has 1 unspecified atom stereocenters. The molecule has 0 radical (unpaired) electrons. The third-order valence-corrected chi connectivity index (χ3v) is 1.83. The molecule has 0 fully saturated rings. The van der Waals surface area contributed by atoms with Gasteiger partial charge in [-0.25, -0.2) is 0 Å². The molecule has 70 valence electrons. The molecule has 0 bridgehead atoms. The minimum Gasteiger partial charge on any atom is -0.466 e. The van der Waals surface area contributed by atoms with Crippen molar-refractivity contribution in [1.29, 1.82) is 0 Å². The third kappa shape index (κ3) is 4.16. The molecule has 2 nitrogen and oxygen atoms in total. The Bertz CT molecular complexity index is 141. The molecule has 0 aromatic heterocycles. The van der Waals surface area contributed by atoms with Crippen LogP contribution in [0.15, 0.2) is 12.7 Å². The molecular weight excluding hydrogens is 152 g/mol. The number of hydrogen-bond acceptors (Lipinski definition) is 2. The SMILES string of the molecule is C=CCCC(CC)C(=O)OCC. The van der Waals surface area contributed by atoms with E-state index in [1.807, 2.05) is 19.9 Å². The highest BCUT2D eigenvalue weighted by atomic mass is 16.5. The first-order valence-electron chi connectivity index (χ1n) is 4.53. The molecule has 0 heterocycles. The zero-order valence-corrected chi connectivity index (χ0v) is 8.01. The van der Waals surface area contributed by atoms with E-state index < -0.39 is 0 Å². The molecule has 1 atom stereocenters. The fourth-order valence-electron chi connectivity index (χ4n) is 1.07. The first-order valence-corrected chi connectivity index (χ1v) is 4.53. The second-order valence-electron chi connectivity index (χ2n) is 2.72. The van der Waals surface area contributed by atoms with Crippen LogP contribution in [0.25, 0.3) is 0 Å². The van der Waals surface area contributed by atoms with Gasteiger partial charge in [0.1, 0.15) is 0 Å². The summed E-state index contributed by atoms with van der Waals surface area (Å²) in [5.74, 6) is -0.00944. The Hall–Kier alpha value is -0.790. The Morgan fingerprint density at radius 2 is 2.25 bits per heavy atom. The van der Waals surface area contributed by atoms with Crippen molar-refractivity contribution in [1.82, 2.24) is 0 Å². The number of allylic oxidation sites excluding steroid dienone is 1. The molecule has 12 heavy (non-hydrogen) atoms. The predicted octanol–water partition coefficient (Wildman–Crippen LogP) is 2.54. The van der Waals surface area contributed by atoms with Crippen LogP contribution in [-0.2, 0) is 9.53 Å². The van der Waals surface area contributed by atoms with Gasteiger partial charge in [-0.15, -0.1) is 6.58 Å².